The van der Waals surface area contributed by atoms with Gasteiger partial charge in [-0.3, -0.25) is 10.9 Å². The molecule has 10 rings (SSSR count). The van der Waals surface area contributed by atoms with Crippen LogP contribution in [0, 0.1) is 0 Å². The Morgan fingerprint density at radius 1 is 0.587 bits per heavy atom. The second kappa shape index (κ2) is 9.83. The van der Waals surface area contributed by atoms with E-state index in [0.29, 0.717) is 0 Å². The summed E-state index contributed by atoms with van der Waals surface area (Å²) in [5, 5.41) is 9.70. The van der Waals surface area contributed by atoms with Gasteiger partial charge in [-0.15, -0.1) is 0 Å². The van der Waals surface area contributed by atoms with E-state index in [0.717, 1.165) is 47.4 Å². The number of hydrogen-bond donors (Lipinski definition) is 2. The number of anilines is 4. The van der Waals surface area contributed by atoms with E-state index in [9.17, 15) is 0 Å². The molecule has 5 aliphatic heterocycles. The van der Waals surface area contributed by atoms with Crippen molar-refractivity contribution in [2.24, 2.45) is 10.2 Å². The first kappa shape index (κ1) is 26.4. The van der Waals surface area contributed by atoms with E-state index in [1.165, 1.54) is 21.2 Å². The number of rotatable bonds is 2. The number of nitrogens with zero attached hydrogens (tertiary/aromatic N) is 6. The van der Waals surface area contributed by atoms with Crippen LogP contribution in [-0.2, 0) is 0 Å². The molecular formula is C36H34N8OS. The molecule has 6 atom stereocenters. The summed E-state index contributed by atoms with van der Waals surface area (Å²) in [4.78, 5) is 12.9. The SMILES string of the molecule is CC1=NNC2C3NN=C(C)N3C3C(N4c5ccccc5Sc5ccccc54)CCC(N4c5ccccc5Oc5ccccc54)C3N12. The lowest BCUT2D eigenvalue weighted by atomic mass is 9.75. The molecule has 1 aliphatic carbocycles. The smallest absolute Gasteiger partial charge is 0.157 e. The van der Waals surface area contributed by atoms with Gasteiger partial charge in [-0.25, -0.2) is 0 Å². The molecule has 4 aromatic rings. The van der Waals surface area contributed by atoms with Crippen molar-refractivity contribution in [2.75, 3.05) is 9.80 Å². The summed E-state index contributed by atoms with van der Waals surface area (Å²) in [6, 6.07) is 35.2. The van der Waals surface area contributed by atoms with Crippen molar-refractivity contribution in [3.63, 3.8) is 0 Å². The fourth-order valence-corrected chi connectivity index (χ4v) is 9.86. The van der Waals surface area contributed by atoms with Gasteiger partial charge in [0.05, 0.1) is 46.9 Å². The van der Waals surface area contributed by atoms with Gasteiger partial charge in [0.15, 0.2) is 23.8 Å². The predicted molar refractivity (Wildman–Crippen MR) is 182 cm³/mol. The Labute approximate surface area is 272 Å². The highest BCUT2D eigenvalue weighted by Gasteiger charge is 2.61. The van der Waals surface area contributed by atoms with Crippen LogP contribution in [0.25, 0.3) is 0 Å². The van der Waals surface area contributed by atoms with Crippen molar-refractivity contribution in [3.8, 4) is 11.5 Å². The molecule has 5 heterocycles. The van der Waals surface area contributed by atoms with Crippen LogP contribution in [0.3, 0.4) is 0 Å². The quantitative estimate of drug-likeness (QED) is 0.257. The molecule has 0 amide bonds. The molecular weight excluding hydrogens is 593 g/mol. The summed E-state index contributed by atoms with van der Waals surface area (Å²) in [7, 11) is 0. The van der Waals surface area contributed by atoms with E-state index in [4.69, 9.17) is 14.9 Å². The van der Waals surface area contributed by atoms with Crippen LogP contribution < -0.4 is 25.4 Å². The predicted octanol–water partition coefficient (Wildman–Crippen LogP) is 6.64. The zero-order chi connectivity index (χ0) is 30.5. The van der Waals surface area contributed by atoms with E-state index < -0.39 is 0 Å². The lowest BCUT2D eigenvalue weighted by Crippen LogP contribution is -2.79. The van der Waals surface area contributed by atoms with Gasteiger partial charge in [0.1, 0.15) is 11.7 Å². The number of fused-ring (bicyclic) bond motifs is 10. The Morgan fingerprint density at radius 3 is 1.50 bits per heavy atom. The zero-order valence-electron chi connectivity index (χ0n) is 25.6. The van der Waals surface area contributed by atoms with E-state index in [-0.39, 0.29) is 36.5 Å². The molecule has 230 valence electrons. The third kappa shape index (κ3) is 3.58. The summed E-state index contributed by atoms with van der Waals surface area (Å²) in [5.41, 5.74) is 11.8. The van der Waals surface area contributed by atoms with Crippen LogP contribution >= 0.6 is 11.8 Å². The van der Waals surface area contributed by atoms with Crippen molar-refractivity contribution in [1.82, 2.24) is 20.7 Å². The van der Waals surface area contributed by atoms with Crippen molar-refractivity contribution in [3.05, 3.63) is 97.1 Å². The summed E-state index contributed by atoms with van der Waals surface area (Å²) in [6.07, 6.45) is 1.89. The van der Waals surface area contributed by atoms with Crippen molar-refractivity contribution in [2.45, 2.75) is 73.0 Å². The number of ether oxygens (including phenoxy) is 1. The summed E-state index contributed by atoms with van der Waals surface area (Å²) in [6.45, 7) is 4.29. The lowest BCUT2D eigenvalue weighted by Gasteiger charge is -2.61. The molecule has 1 saturated heterocycles. The van der Waals surface area contributed by atoms with Crippen molar-refractivity contribution in [1.29, 1.82) is 0 Å². The standard InChI is InChI=1S/C36H34N8OS/c1-21-37-39-35-36-40-38-22(2)42(36)34-28(44-25-13-5-9-17-31(25)46-32-18-10-6-14-26(32)44)20-19-27(33(34)41(21)35)43-23-11-3-7-15-29(23)45-30-16-8-4-12-24(30)43/h3-18,27-28,33-36,39-40H,19-20H2,1-2H3. The maximum atomic E-state index is 6.48. The third-order valence-corrected chi connectivity index (χ3v) is 11.6. The summed E-state index contributed by atoms with van der Waals surface area (Å²) >= 11 is 1.87. The Bertz CT molecular complexity index is 1720. The fourth-order valence-electron chi connectivity index (χ4n) is 8.79. The maximum Gasteiger partial charge on any atom is 0.157 e. The minimum absolute atomic E-state index is 0.0439. The average molecular weight is 627 g/mol. The van der Waals surface area contributed by atoms with Gasteiger partial charge in [-0.2, -0.15) is 10.2 Å². The second-order valence-corrected chi connectivity index (χ2v) is 13.9. The maximum absolute atomic E-state index is 6.48. The minimum Gasteiger partial charge on any atom is -0.453 e. The third-order valence-electron chi connectivity index (χ3n) is 10.5. The fraction of sp³-hybridized carbons (Fsp3) is 0.278. The first-order valence-corrected chi connectivity index (χ1v) is 17.0. The minimum atomic E-state index is -0.0493. The molecule has 0 bridgehead atoms. The van der Waals surface area contributed by atoms with Crippen LogP contribution in [0.5, 0.6) is 11.5 Å². The normalized spacial score (nSPS) is 28.1. The summed E-state index contributed by atoms with van der Waals surface area (Å²) < 4.78 is 6.48. The summed E-state index contributed by atoms with van der Waals surface area (Å²) in [5.74, 6) is 3.83. The topological polar surface area (TPSA) is 71.0 Å². The van der Waals surface area contributed by atoms with Gasteiger partial charge in [0, 0.05) is 9.79 Å². The molecule has 6 aliphatic rings. The Balaban J connectivity index is 1.18. The van der Waals surface area contributed by atoms with Gasteiger partial charge in [0.2, 0.25) is 0 Å². The number of amidine groups is 2. The highest BCUT2D eigenvalue weighted by Crippen LogP contribution is 2.55. The van der Waals surface area contributed by atoms with Crippen molar-refractivity contribution >= 4 is 46.2 Å². The molecule has 0 radical (unpaired) electrons. The number of nitrogens with one attached hydrogen (secondary N) is 2. The largest absolute Gasteiger partial charge is 0.453 e. The number of hydrogen-bond acceptors (Lipinski definition) is 10. The van der Waals surface area contributed by atoms with Gasteiger partial charge in [0.25, 0.3) is 0 Å². The molecule has 4 aromatic carbocycles. The molecule has 0 spiro atoms. The highest BCUT2D eigenvalue weighted by atomic mass is 32.2. The first-order chi connectivity index (χ1) is 22.7. The average Bonchev–Trinajstić information content (AvgIpc) is 3.68. The van der Waals surface area contributed by atoms with E-state index in [1.54, 1.807) is 0 Å². The Kier molecular flexibility index (Phi) is 5.64. The van der Waals surface area contributed by atoms with Gasteiger partial charge in [-0.1, -0.05) is 60.3 Å². The van der Waals surface area contributed by atoms with E-state index in [1.807, 2.05) is 11.8 Å². The van der Waals surface area contributed by atoms with Crippen LogP contribution in [-0.4, -0.2) is 58.0 Å². The molecule has 46 heavy (non-hydrogen) atoms. The Hall–Kier alpha value is -4.83. The van der Waals surface area contributed by atoms with Gasteiger partial charge < -0.3 is 24.3 Å². The molecule has 2 N–H and O–H groups in total. The second-order valence-electron chi connectivity index (χ2n) is 12.8. The lowest BCUT2D eigenvalue weighted by molar-refractivity contribution is -0.0264. The monoisotopic (exact) mass is 626 g/mol. The van der Waals surface area contributed by atoms with Crippen LogP contribution in [0.15, 0.2) is 117 Å². The van der Waals surface area contributed by atoms with Gasteiger partial charge in [-0.05, 0) is 75.2 Å². The number of benzene rings is 4. The Morgan fingerprint density at radius 2 is 1.00 bits per heavy atom. The number of piperazine rings is 1. The van der Waals surface area contributed by atoms with Crippen LogP contribution in [0.1, 0.15) is 26.7 Å². The van der Waals surface area contributed by atoms with Crippen molar-refractivity contribution < 1.29 is 4.74 Å². The molecule has 6 unspecified atom stereocenters. The number of hydrazone groups is 2. The van der Waals surface area contributed by atoms with E-state index >= 15 is 0 Å². The molecule has 2 fully saturated rings. The van der Waals surface area contributed by atoms with Crippen LogP contribution in [0.2, 0.25) is 0 Å². The first-order valence-electron chi connectivity index (χ1n) is 16.1. The molecule has 0 aromatic heterocycles. The highest BCUT2D eigenvalue weighted by molar-refractivity contribution is 7.99. The van der Waals surface area contributed by atoms with Crippen LogP contribution in [0.4, 0.5) is 22.7 Å². The molecule has 1 saturated carbocycles. The molecule has 10 heteroatoms. The number of para-hydroxylation sites is 6. The zero-order valence-corrected chi connectivity index (χ0v) is 26.4. The van der Waals surface area contributed by atoms with Gasteiger partial charge >= 0.3 is 0 Å². The van der Waals surface area contributed by atoms with E-state index in [2.05, 4.69) is 141 Å². The molecule has 9 nitrogen and oxygen atoms in total.